The lowest BCUT2D eigenvalue weighted by Crippen LogP contribution is -2.06. The van der Waals surface area contributed by atoms with Crippen LogP contribution in [0.5, 0.6) is 11.5 Å². The molecule has 5 aromatic rings. The van der Waals surface area contributed by atoms with Crippen LogP contribution < -0.4 is 9.47 Å². The lowest BCUT2D eigenvalue weighted by Gasteiger charge is -2.10. The number of hydrogen-bond donors (Lipinski definition) is 1. The summed E-state index contributed by atoms with van der Waals surface area (Å²) in [5, 5.41) is 0.449. The van der Waals surface area contributed by atoms with Crippen LogP contribution in [0.2, 0.25) is 0 Å². The van der Waals surface area contributed by atoms with E-state index in [0.717, 1.165) is 39.2 Å². The second-order valence-corrected chi connectivity index (χ2v) is 10.5. The molecule has 1 N–H and O–H groups in total. The van der Waals surface area contributed by atoms with Gasteiger partial charge in [0.2, 0.25) is 0 Å². The van der Waals surface area contributed by atoms with E-state index in [-0.39, 0.29) is 11.7 Å². The van der Waals surface area contributed by atoms with Gasteiger partial charge in [-0.25, -0.2) is 9.78 Å². The fourth-order valence-electron chi connectivity index (χ4n) is 4.16. The number of esters is 1. The lowest BCUT2D eigenvalue weighted by atomic mass is 10.0. The molecule has 0 saturated carbocycles. The quantitative estimate of drug-likeness (QED) is 0.160. The smallest absolute Gasteiger partial charge is 0.337 e. The zero-order valence-electron chi connectivity index (χ0n) is 22.3. The van der Waals surface area contributed by atoms with E-state index in [9.17, 15) is 9.00 Å². The predicted octanol–water partition coefficient (Wildman–Crippen LogP) is 5.88. The zero-order chi connectivity index (χ0) is 27.9. The number of ether oxygens (including phenoxy) is 3. The van der Waals surface area contributed by atoms with Gasteiger partial charge in [-0.15, -0.1) is 0 Å². The molecule has 3 aromatic carbocycles. The number of para-hydroxylation sites is 2. The van der Waals surface area contributed by atoms with Crippen LogP contribution in [0.4, 0.5) is 0 Å². The first-order valence-corrected chi connectivity index (χ1v) is 14.1. The first-order chi connectivity index (χ1) is 19.5. The molecule has 1 unspecified atom stereocenters. The van der Waals surface area contributed by atoms with E-state index in [1.54, 1.807) is 12.3 Å². The number of nitrogens with one attached hydrogen (secondary N) is 1. The zero-order valence-corrected chi connectivity index (χ0v) is 23.1. The number of imidazole rings is 1. The van der Waals surface area contributed by atoms with E-state index >= 15 is 0 Å². The number of aromatic nitrogens is 3. The highest BCUT2D eigenvalue weighted by Gasteiger charge is 2.13. The van der Waals surface area contributed by atoms with Crippen molar-refractivity contribution in [2.75, 3.05) is 20.3 Å². The summed E-state index contributed by atoms with van der Waals surface area (Å²) in [7, 11) is 0.0401. The minimum absolute atomic E-state index is 0.273. The van der Waals surface area contributed by atoms with Crippen LogP contribution in [0.1, 0.15) is 28.0 Å². The number of benzene rings is 3. The van der Waals surface area contributed by atoms with Crippen molar-refractivity contribution in [3.8, 4) is 22.6 Å². The van der Waals surface area contributed by atoms with Gasteiger partial charge in [-0.3, -0.25) is 9.19 Å². The maximum absolute atomic E-state index is 12.8. The van der Waals surface area contributed by atoms with E-state index in [4.69, 9.17) is 14.2 Å². The summed E-state index contributed by atoms with van der Waals surface area (Å²) in [5.74, 6) is 1.33. The Kier molecular flexibility index (Phi) is 8.51. The van der Waals surface area contributed by atoms with Crippen molar-refractivity contribution >= 4 is 27.8 Å². The number of aryl methyl sites for hydroxylation is 1. The number of carbonyl (C=O) groups excluding carboxylic acids is 1. The number of hydrogen-bond acceptors (Lipinski definition) is 7. The summed E-state index contributed by atoms with van der Waals surface area (Å²) in [6.45, 7) is 2.91. The normalized spacial score (nSPS) is 11.8. The Labute approximate surface area is 234 Å². The molecule has 2 heterocycles. The van der Waals surface area contributed by atoms with Gasteiger partial charge in [0.15, 0.2) is 5.16 Å². The highest BCUT2D eigenvalue weighted by molar-refractivity contribution is 7.84. The van der Waals surface area contributed by atoms with E-state index in [2.05, 4.69) is 15.0 Å². The average molecular weight is 556 g/mol. The highest BCUT2D eigenvalue weighted by Crippen LogP contribution is 2.24. The number of methoxy groups -OCH3 is 1. The molecule has 5 rings (SSSR count). The first-order valence-electron chi connectivity index (χ1n) is 12.8. The summed E-state index contributed by atoms with van der Waals surface area (Å²) in [5.41, 5.74) is 5.74. The lowest BCUT2D eigenvalue weighted by molar-refractivity contribution is 0.0600. The molecule has 0 bridgehead atoms. The van der Waals surface area contributed by atoms with Gasteiger partial charge in [0, 0.05) is 6.42 Å². The molecule has 2 aromatic heterocycles. The molecule has 0 fully saturated rings. The molecule has 8 nitrogen and oxygen atoms in total. The van der Waals surface area contributed by atoms with Crippen molar-refractivity contribution in [3.63, 3.8) is 0 Å². The Morgan fingerprint density at radius 2 is 1.68 bits per heavy atom. The Morgan fingerprint density at radius 3 is 2.42 bits per heavy atom. The summed E-state index contributed by atoms with van der Waals surface area (Å²) in [4.78, 5) is 23.8. The van der Waals surface area contributed by atoms with Crippen LogP contribution in [0.25, 0.3) is 22.2 Å². The van der Waals surface area contributed by atoms with Gasteiger partial charge in [0.1, 0.15) is 11.5 Å². The summed E-state index contributed by atoms with van der Waals surface area (Å²) < 4.78 is 29.3. The summed E-state index contributed by atoms with van der Waals surface area (Å²) in [6, 6.07) is 24.6. The standard InChI is InChI=1S/C31H29N3O5S/c1-21-17-26(19-32-29(21)20-40(36)31-33-27-9-3-4-10-28(27)34-31)39-16-6-15-38-25-13-11-22(12-14-25)23-7-5-8-24(18-23)30(35)37-2/h3-5,7-14,17-19H,6,15-16,20H2,1-2H3,(H,33,34). The van der Waals surface area contributed by atoms with E-state index in [0.29, 0.717) is 36.1 Å². The van der Waals surface area contributed by atoms with Gasteiger partial charge in [-0.05, 0) is 66.1 Å². The molecular weight excluding hydrogens is 526 g/mol. The minimum atomic E-state index is -1.33. The van der Waals surface area contributed by atoms with E-state index in [1.165, 1.54) is 7.11 Å². The van der Waals surface area contributed by atoms with Crippen molar-refractivity contribution < 1.29 is 23.2 Å². The fraction of sp³-hybridized carbons (Fsp3) is 0.194. The number of nitrogens with zero attached hydrogens (tertiary/aromatic N) is 2. The Balaban J connectivity index is 1.07. The number of carbonyl (C=O) groups is 1. The molecular formula is C31H29N3O5S. The molecule has 0 aliphatic rings. The maximum atomic E-state index is 12.8. The number of pyridine rings is 1. The van der Waals surface area contributed by atoms with Crippen LogP contribution in [0.15, 0.2) is 90.2 Å². The van der Waals surface area contributed by atoms with Crippen molar-refractivity contribution in [2.45, 2.75) is 24.3 Å². The summed E-state index contributed by atoms with van der Waals surface area (Å²) >= 11 is 0. The third-order valence-electron chi connectivity index (χ3n) is 6.31. The Bertz CT molecular complexity index is 1620. The van der Waals surface area contributed by atoms with Gasteiger partial charge < -0.3 is 19.2 Å². The van der Waals surface area contributed by atoms with Gasteiger partial charge in [0.05, 0.1) is 65.4 Å². The topological polar surface area (TPSA) is 103 Å². The minimum Gasteiger partial charge on any atom is -0.493 e. The van der Waals surface area contributed by atoms with Crippen LogP contribution in [0, 0.1) is 6.92 Å². The third kappa shape index (κ3) is 6.55. The highest BCUT2D eigenvalue weighted by atomic mass is 32.2. The van der Waals surface area contributed by atoms with Gasteiger partial charge in [0.25, 0.3) is 0 Å². The molecule has 1 atom stereocenters. The Hall–Kier alpha value is -4.50. The molecule has 0 aliphatic heterocycles. The van der Waals surface area contributed by atoms with Crippen molar-refractivity contribution in [1.82, 2.24) is 15.0 Å². The van der Waals surface area contributed by atoms with Crippen LogP contribution >= 0.6 is 0 Å². The predicted molar refractivity (Wildman–Crippen MR) is 154 cm³/mol. The monoisotopic (exact) mass is 555 g/mol. The molecule has 0 spiro atoms. The molecule has 9 heteroatoms. The molecule has 0 saturated heterocycles. The SMILES string of the molecule is COC(=O)c1cccc(-c2ccc(OCCCOc3cnc(CS(=O)c4nc5ccccc5[nH]4)c(C)c3)cc2)c1. The molecule has 0 radical (unpaired) electrons. The van der Waals surface area contributed by atoms with Crippen LogP contribution in [-0.2, 0) is 21.3 Å². The second kappa shape index (κ2) is 12.6. The molecule has 40 heavy (non-hydrogen) atoms. The van der Waals surface area contributed by atoms with Crippen LogP contribution in [0.3, 0.4) is 0 Å². The molecule has 0 amide bonds. The molecule has 0 aliphatic carbocycles. The average Bonchev–Trinajstić information content (AvgIpc) is 3.43. The maximum Gasteiger partial charge on any atom is 0.337 e. The van der Waals surface area contributed by atoms with Crippen molar-refractivity contribution in [3.05, 3.63) is 102 Å². The molecule has 204 valence electrons. The largest absolute Gasteiger partial charge is 0.493 e. The third-order valence-corrected chi connectivity index (χ3v) is 7.47. The van der Waals surface area contributed by atoms with E-state index < -0.39 is 10.8 Å². The van der Waals surface area contributed by atoms with Crippen LogP contribution in [-0.4, -0.2) is 45.5 Å². The van der Waals surface area contributed by atoms with Crippen molar-refractivity contribution in [1.29, 1.82) is 0 Å². The first kappa shape index (κ1) is 27.1. The number of rotatable bonds is 11. The summed E-state index contributed by atoms with van der Waals surface area (Å²) in [6.07, 6.45) is 2.35. The second-order valence-electron chi connectivity index (χ2n) is 9.13. The number of H-pyrrole nitrogens is 1. The van der Waals surface area contributed by atoms with Gasteiger partial charge >= 0.3 is 5.97 Å². The number of fused-ring (bicyclic) bond motifs is 1. The Morgan fingerprint density at radius 1 is 0.900 bits per heavy atom. The fourth-order valence-corrected chi connectivity index (χ4v) is 5.27. The van der Waals surface area contributed by atoms with E-state index in [1.807, 2.05) is 79.7 Å². The van der Waals surface area contributed by atoms with Crippen molar-refractivity contribution in [2.24, 2.45) is 0 Å². The number of aromatic amines is 1. The van der Waals surface area contributed by atoms with Gasteiger partial charge in [-0.1, -0.05) is 36.4 Å². The van der Waals surface area contributed by atoms with Gasteiger partial charge in [-0.2, -0.15) is 0 Å².